The summed E-state index contributed by atoms with van der Waals surface area (Å²) in [6, 6.07) is -0.340. The minimum absolute atomic E-state index is 0.125. The highest BCUT2D eigenvalue weighted by atomic mass is 16.7. The van der Waals surface area contributed by atoms with E-state index >= 15 is 0 Å². The van der Waals surface area contributed by atoms with Gasteiger partial charge in [-0.1, -0.05) is 34.6 Å². The van der Waals surface area contributed by atoms with Gasteiger partial charge in [-0.2, -0.15) is 0 Å². The highest BCUT2D eigenvalue weighted by Crippen LogP contribution is 2.46. The lowest BCUT2D eigenvalue weighted by Crippen LogP contribution is -2.62. The maximum Gasteiger partial charge on any atom is 0.309 e. The SMILES string of the molecule is C#CCCN(C)[C@H]1C[C@@H](C)O[C@@H](O[C@@H]2[C@@H](C)C([C@H]3C[C@@](C)(OC)[C@@H](O)[C@H](C)O3)[C@@H](C)C(=O)O[C@H](CC)[C@@](C)(O)[C@H](O)[C@@H](C)C(=O)[C@H](C)C[C@@]2(C)OC)[C@@H]1O. The Hall–Kier alpha value is -1.70. The molecule has 0 aliphatic carbocycles. The normalized spacial score (nSPS) is 47.5. The average Bonchev–Trinajstić information content (AvgIpc) is 3.13. The van der Waals surface area contributed by atoms with Gasteiger partial charge in [-0.15, -0.1) is 12.3 Å². The predicted octanol–water partition coefficient (Wildman–Crippen LogP) is 3.11. The second kappa shape index (κ2) is 18.7. The molecule has 13 nitrogen and oxygen atoms in total. The number of rotatable bonds is 9. The molecule has 0 aromatic heterocycles. The first-order valence-electron chi connectivity index (χ1n) is 19.8. The molecule has 0 aromatic rings. The number of methoxy groups -OCH3 is 2. The van der Waals surface area contributed by atoms with Crippen LogP contribution < -0.4 is 0 Å². The maximum atomic E-state index is 14.4. The Morgan fingerprint density at radius 1 is 0.926 bits per heavy atom. The van der Waals surface area contributed by atoms with Crippen LogP contribution in [-0.2, 0) is 38.0 Å². The number of carbonyl (C=O) groups excluding carboxylic acids is 2. The summed E-state index contributed by atoms with van der Waals surface area (Å²) >= 11 is 0. The summed E-state index contributed by atoms with van der Waals surface area (Å²) in [5.41, 5.74) is -4.22. The third kappa shape index (κ3) is 9.69. The van der Waals surface area contributed by atoms with Gasteiger partial charge >= 0.3 is 5.97 Å². The Morgan fingerprint density at radius 3 is 2.09 bits per heavy atom. The van der Waals surface area contributed by atoms with Crippen LogP contribution in [0, 0.1) is 41.9 Å². The van der Waals surface area contributed by atoms with E-state index in [0.717, 1.165) is 0 Å². The summed E-state index contributed by atoms with van der Waals surface area (Å²) < 4.78 is 38.1. The number of aliphatic hydroxyl groups is 4. The van der Waals surface area contributed by atoms with Crippen molar-refractivity contribution in [3.63, 3.8) is 0 Å². The summed E-state index contributed by atoms with van der Waals surface area (Å²) in [5, 5.41) is 46.2. The summed E-state index contributed by atoms with van der Waals surface area (Å²) in [5.74, 6) is -2.19. The summed E-state index contributed by atoms with van der Waals surface area (Å²) in [4.78, 5) is 30.5. The zero-order chi connectivity index (χ0) is 41.1. The molecule has 1 unspecified atom stereocenters. The molecule has 0 bridgehead atoms. The molecule has 0 radical (unpaired) electrons. The van der Waals surface area contributed by atoms with Crippen LogP contribution in [0.25, 0.3) is 0 Å². The minimum Gasteiger partial charge on any atom is -0.459 e. The molecule has 4 N–H and O–H groups in total. The number of terminal acetylenes is 1. The number of Topliss-reactive ketones (excluding diaryl/α,β-unsaturated/α-hetero) is 1. The fourth-order valence-corrected chi connectivity index (χ4v) is 9.46. The van der Waals surface area contributed by atoms with Gasteiger partial charge in [-0.05, 0) is 66.8 Å². The third-order valence-electron chi connectivity index (χ3n) is 13.1. The first-order valence-corrected chi connectivity index (χ1v) is 19.8. The van der Waals surface area contributed by atoms with Crippen LogP contribution >= 0.6 is 0 Å². The van der Waals surface area contributed by atoms with Crippen LogP contribution in [0.4, 0.5) is 0 Å². The van der Waals surface area contributed by atoms with Gasteiger partial charge in [0.2, 0.25) is 0 Å². The molecular weight excluding hydrogens is 698 g/mol. The van der Waals surface area contributed by atoms with E-state index in [1.807, 2.05) is 32.7 Å². The van der Waals surface area contributed by atoms with Gasteiger partial charge in [0.1, 0.15) is 29.7 Å². The molecule has 0 aromatic carbocycles. The number of cyclic esters (lactones) is 1. The Labute approximate surface area is 323 Å². The van der Waals surface area contributed by atoms with Crippen molar-refractivity contribution in [3.05, 3.63) is 0 Å². The molecule has 3 aliphatic rings. The number of ketones is 1. The van der Waals surface area contributed by atoms with Gasteiger partial charge in [0.25, 0.3) is 0 Å². The van der Waals surface area contributed by atoms with Crippen molar-refractivity contribution in [2.75, 3.05) is 27.8 Å². The standard InChI is InChI=1S/C41H71NO12/c1-15-17-18-42(12)28-19-23(4)51-38(33(28)44)54-36-24(5)31(29-21-39(9,49-13)35(46)27(8)52-29)25(6)37(47)53-30(16-2)41(11,48)34(45)26(7)32(43)22(3)20-40(36,10)50-14/h1,22-31,33-36,38,44-46,48H,16-21H2,2-14H3/t22-,23-,24+,25-,26+,27+,28+,29-,30-,31?,33-,34-,35+,36-,38+,39-,40-,41-/m1/s1. The predicted molar refractivity (Wildman–Crippen MR) is 202 cm³/mol. The second-order valence-electron chi connectivity index (χ2n) is 17.2. The van der Waals surface area contributed by atoms with Crippen LogP contribution in [0.3, 0.4) is 0 Å². The molecule has 0 amide bonds. The summed E-state index contributed by atoms with van der Waals surface area (Å²) in [7, 11) is 4.96. The van der Waals surface area contributed by atoms with Crippen molar-refractivity contribution in [1.82, 2.24) is 4.90 Å². The van der Waals surface area contributed by atoms with E-state index in [2.05, 4.69) is 5.92 Å². The monoisotopic (exact) mass is 769 g/mol. The number of nitrogens with zero attached hydrogens (tertiary/aromatic N) is 1. The lowest BCUT2D eigenvalue weighted by molar-refractivity contribution is -0.305. The van der Waals surface area contributed by atoms with Crippen molar-refractivity contribution in [3.8, 4) is 12.3 Å². The molecule has 312 valence electrons. The van der Waals surface area contributed by atoms with Crippen LogP contribution in [0.5, 0.6) is 0 Å². The van der Waals surface area contributed by atoms with E-state index in [1.54, 1.807) is 41.5 Å². The summed E-state index contributed by atoms with van der Waals surface area (Å²) in [6.45, 7) is 18.0. The Bertz CT molecular complexity index is 1290. The first-order chi connectivity index (χ1) is 25.0. The molecule has 0 spiro atoms. The van der Waals surface area contributed by atoms with Crippen LogP contribution in [0.15, 0.2) is 0 Å². The zero-order valence-corrected chi connectivity index (χ0v) is 35.0. The van der Waals surface area contributed by atoms with Gasteiger partial charge in [0.05, 0.1) is 47.6 Å². The second-order valence-corrected chi connectivity index (χ2v) is 17.2. The molecule has 3 rings (SSSR count). The van der Waals surface area contributed by atoms with Crippen LogP contribution in [-0.4, -0.2) is 143 Å². The van der Waals surface area contributed by atoms with E-state index < -0.39 is 101 Å². The number of aliphatic hydroxyl groups excluding tert-OH is 3. The number of likely N-dealkylation sites (N-methyl/N-ethyl adjacent to an activating group) is 1. The largest absolute Gasteiger partial charge is 0.459 e. The van der Waals surface area contributed by atoms with Gasteiger partial charge in [0, 0.05) is 57.4 Å². The average molecular weight is 770 g/mol. The molecule has 18 atom stereocenters. The quantitative estimate of drug-likeness (QED) is 0.199. The molecule has 3 saturated heterocycles. The smallest absolute Gasteiger partial charge is 0.309 e. The molecule has 3 fully saturated rings. The van der Waals surface area contributed by atoms with Crippen LogP contribution in [0.1, 0.15) is 101 Å². The lowest BCUT2D eigenvalue weighted by Gasteiger charge is -2.52. The first kappa shape index (κ1) is 46.7. The fraction of sp³-hybridized carbons (Fsp3) is 0.902. The molecule has 13 heteroatoms. The molecule has 3 aliphatic heterocycles. The molecule has 0 saturated carbocycles. The number of hydrogen-bond acceptors (Lipinski definition) is 13. The van der Waals surface area contributed by atoms with Crippen LogP contribution in [0.2, 0.25) is 0 Å². The number of hydrogen-bond donors (Lipinski definition) is 4. The minimum atomic E-state index is -1.95. The van der Waals surface area contributed by atoms with E-state index in [9.17, 15) is 30.0 Å². The van der Waals surface area contributed by atoms with Crippen molar-refractivity contribution in [2.24, 2.45) is 29.6 Å². The molecule has 54 heavy (non-hydrogen) atoms. The third-order valence-corrected chi connectivity index (χ3v) is 13.1. The van der Waals surface area contributed by atoms with Crippen molar-refractivity contribution in [1.29, 1.82) is 0 Å². The van der Waals surface area contributed by atoms with E-state index in [-0.39, 0.29) is 37.2 Å². The number of carbonyl (C=O) groups is 2. The Balaban J connectivity index is 2.27. The highest BCUT2D eigenvalue weighted by Gasteiger charge is 2.56. The lowest BCUT2D eigenvalue weighted by atomic mass is 9.67. The zero-order valence-electron chi connectivity index (χ0n) is 35.0. The number of ether oxygens (including phenoxy) is 6. The Kier molecular flexibility index (Phi) is 16.2. The van der Waals surface area contributed by atoms with Gasteiger partial charge in [-0.25, -0.2) is 0 Å². The topological polar surface area (TPSA) is 174 Å². The van der Waals surface area contributed by atoms with Gasteiger partial charge in [0.15, 0.2) is 6.29 Å². The summed E-state index contributed by atoms with van der Waals surface area (Å²) in [6.07, 6.45) is -1.36. The van der Waals surface area contributed by atoms with Crippen molar-refractivity contribution >= 4 is 11.8 Å². The Morgan fingerprint density at radius 2 is 1.54 bits per heavy atom. The van der Waals surface area contributed by atoms with Crippen molar-refractivity contribution in [2.45, 2.75) is 179 Å². The molecular formula is C41H71NO12. The molecule has 3 heterocycles. The maximum absolute atomic E-state index is 14.4. The number of esters is 1. The van der Waals surface area contributed by atoms with E-state index in [1.165, 1.54) is 21.1 Å². The fourth-order valence-electron chi connectivity index (χ4n) is 9.46. The highest BCUT2D eigenvalue weighted by molar-refractivity contribution is 5.83. The van der Waals surface area contributed by atoms with Gasteiger partial charge in [-0.3, -0.25) is 14.5 Å². The van der Waals surface area contributed by atoms with Crippen molar-refractivity contribution < 1.29 is 58.4 Å². The van der Waals surface area contributed by atoms with E-state index in [4.69, 9.17) is 34.8 Å². The van der Waals surface area contributed by atoms with Gasteiger partial charge < -0.3 is 48.8 Å². The van der Waals surface area contributed by atoms with E-state index in [0.29, 0.717) is 19.4 Å².